The predicted molar refractivity (Wildman–Crippen MR) is 99.3 cm³/mol. The van der Waals surface area contributed by atoms with E-state index < -0.39 is 5.97 Å². The highest BCUT2D eigenvalue weighted by Crippen LogP contribution is 2.18. The van der Waals surface area contributed by atoms with E-state index in [1.165, 1.54) is 0 Å². The number of H-pyrrole nitrogens is 1. The van der Waals surface area contributed by atoms with Crippen LogP contribution < -0.4 is 0 Å². The molecule has 0 bridgehead atoms. The molecule has 0 unspecified atom stereocenters. The summed E-state index contributed by atoms with van der Waals surface area (Å²) in [4.78, 5) is 31.9. The van der Waals surface area contributed by atoms with E-state index in [0.29, 0.717) is 11.1 Å². The molecule has 132 valence electrons. The van der Waals surface area contributed by atoms with Crippen LogP contribution >= 0.6 is 0 Å². The lowest BCUT2D eigenvalue weighted by atomic mass is 10.1. The number of imidazole rings is 1. The molecule has 1 heterocycles. The first-order valence-electron chi connectivity index (χ1n) is 8.34. The molecule has 0 spiro atoms. The number of carbonyl (C=O) groups excluding carboxylic acids is 2. The first kappa shape index (κ1) is 17.6. The third-order valence-corrected chi connectivity index (χ3v) is 4.23. The number of hydrogen-bond acceptors (Lipinski definition) is 4. The predicted octanol–water partition coefficient (Wildman–Crippen LogP) is 4.04. The molecule has 5 heteroatoms. The largest absolute Gasteiger partial charge is 0.454 e. The fraction of sp³-hybridized carbons (Fsp3) is 0.190. The van der Waals surface area contributed by atoms with Gasteiger partial charge >= 0.3 is 5.97 Å². The van der Waals surface area contributed by atoms with E-state index in [9.17, 15) is 9.59 Å². The Bertz CT molecular complexity index is 919. The van der Waals surface area contributed by atoms with Crippen LogP contribution in [0.5, 0.6) is 0 Å². The van der Waals surface area contributed by atoms with Gasteiger partial charge in [0, 0.05) is 16.8 Å². The van der Waals surface area contributed by atoms with Crippen molar-refractivity contribution in [2.24, 2.45) is 0 Å². The van der Waals surface area contributed by atoms with Crippen LogP contribution in [0.15, 0.2) is 48.5 Å². The van der Waals surface area contributed by atoms with Crippen LogP contribution in [-0.2, 0) is 4.74 Å². The van der Waals surface area contributed by atoms with Gasteiger partial charge in [-0.25, -0.2) is 9.78 Å². The van der Waals surface area contributed by atoms with Gasteiger partial charge in [-0.2, -0.15) is 0 Å². The monoisotopic (exact) mass is 348 g/mol. The highest BCUT2D eigenvalue weighted by molar-refractivity contribution is 5.99. The van der Waals surface area contributed by atoms with Crippen molar-refractivity contribution in [3.05, 3.63) is 76.6 Å². The first-order chi connectivity index (χ1) is 12.4. The molecule has 26 heavy (non-hydrogen) atoms. The van der Waals surface area contributed by atoms with Crippen molar-refractivity contribution in [3.8, 4) is 11.4 Å². The van der Waals surface area contributed by atoms with Gasteiger partial charge in [-0.1, -0.05) is 42.0 Å². The molecule has 2 aromatic carbocycles. The summed E-state index contributed by atoms with van der Waals surface area (Å²) in [5.41, 5.74) is 4.83. The van der Waals surface area contributed by atoms with Crippen molar-refractivity contribution in [1.29, 1.82) is 0 Å². The summed E-state index contributed by atoms with van der Waals surface area (Å²) in [5.74, 6) is 0.00906. The van der Waals surface area contributed by atoms with Crippen LogP contribution in [0.1, 0.15) is 37.7 Å². The van der Waals surface area contributed by atoms with Gasteiger partial charge < -0.3 is 9.72 Å². The van der Waals surface area contributed by atoms with Crippen molar-refractivity contribution in [1.82, 2.24) is 9.97 Å². The Hall–Kier alpha value is -3.21. The number of benzene rings is 2. The fourth-order valence-corrected chi connectivity index (χ4v) is 2.49. The molecule has 0 saturated heterocycles. The van der Waals surface area contributed by atoms with E-state index in [0.717, 1.165) is 28.3 Å². The second-order valence-corrected chi connectivity index (χ2v) is 6.24. The van der Waals surface area contributed by atoms with Crippen molar-refractivity contribution in [2.75, 3.05) is 6.61 Å². The van der Waals surface area contributed by atoms with Gasteiger partial charge in [0.05, 0.1) is 11.3 Å². The molecular formula is C21H20N2O3. The van der Waals surface area contributed by atoms with E-state index in [1.54, 1.807) is 36.4 Å². The van der Waals surface area contributed by atoms with E-state index in [1.807, 2.05) is 32.9 Å². The molecule has 3 rings (SSSR count). The summed E-state index contributed by atoms with van der Waals surface area (Å²) in [7, 11) is 0. The van der Waals surface area contributed by atoms with Crippen LogP contribution in [0.2, 0.25) is 0 Å². The summed E-state index contributed by atoms with van der Waals surface area (Å²) in [5, 5.41) is 0. The van der Waals surface area contributed by atoms with Gasteiger partial charge in [-0.3, -0.25) is 4.79 Å². The van der Waals surface area contributed by atoms with Crippen LogP contribution in [0.3, 0.4) is 0 Å². The minimum atomic E-state index is -0.524. The average molecular weight is 348 g/mol. The molecule has 3 aromatic rings. The van der Waals surface area contributed by atoms with Gasteiger partial charge in [-0.15, -0.1) is 0 Å². The Morgan fingerprint density at radius 3 is 2.12 bits per heavy atom. The number of carbonyl (C=O) groups is 2. The Kier molecular flexibility index (Phi) is 4.98. The number of nitrogens with zero attached hydrogens (tertiary/aromatic N) is 1. The Morgan fingerprint density at radius 1 is 0.923 bits per heavy atom. The summed E-state index contributed by atoms with van der Waals surface area (Å²) in [6.45, 7) is 5.57. The molecule has 0 aliphatic rings. The first-order valence-corrected chi connectivity index (χ1v) is 8.34. The SMILES string of the molecule is Cc1ccc(C(=O)COC(=O)c2ccc(-c3nc(C)c(C)[nH]3)cc2)cc1. The molecule has 0 atom stereocenters. The van der Waals surface area contributed by atoms with Gasteiger partial charge in [-0.05, 0) is 32.9 Å². The number of ketones is 1. The lowest BCUT2D eigenvalue weighted by molar-refractivity contribution is 0.0475. The van der Waals surface area contributed by atoms with E-state index in [4.69, 9.17) is 4.74 Å². The number of ether oxygens (including phenoxy) is 1. The average Bonchev–Trinajstić information content (AvgIpc) is 2.99. The number of aromatic nitrogens is 2. The minimum absolute atomic E-state index is 0.225. The smallest absolute Gasteiger partial charge is 0.338 e. The van der Waals surface area contributed by atoms with Crippen LogP contribution in [-0.4, -0.2) is 28.3 Å². The highest BCUT2D eigenvalue weighted by atomic mass is 16.5. The maximum Gasteiger partial charge on any atom is 0.338 e. The molecule has 1 N–H and O–H groups in total. The van der Waals surface area contributed by atoms with Gasteiger partial charge in [0.25, 0.3) is 0 Å². The van der Waals surface area contributed by atoms with Gasteiger partial charge in [0.15, 0.2) is 12.4 Å². The fourth-order valence-electron chi connectivity index (χ4n) is 2.49. The zero-order valence-corrected chi connectivity index (χ0v) is 15.0. The number of Topliss-reactive ketones (excluding diaryl/α,β-unsaturated/α-hetero) is 1. The molecule has 0 amide bonds. The van der Waals surface area contributed by atoms with Crippen molar-refractivity contribution < 1.29 is 14.3 Å². The van der Waals surface area contributed by atoms with Crippen molar-refractivity contribution in [2.45, 2.75) is 20.8 Å². The highest BCUT2D eigenvalue weighted by Gasteiger charge is 2.13. The summed E-state index contributed by atoms with van der Waals surface area (Å²) in [6.07, 6.45) is 0. The molecule has 1 aromatic heterocycles. The second kappa shape index (κ2) is 7.35. The topological polar surface area (TPSA) is 72.1 Å². The molecule has 0 fully saturated rings. The normalized spacial score (nSPS) is 10.6. The van der Waals surface area contributed by atoms with Crippen LogP contribution in [0, 0.1) is 20.8 Å². The minimum Gasteiger partial charge on any atom is -0.454 e. The van der Waals surface area contributed by atoms with Crippen molar-refractivity contribution in [3.63, 3.8) is 0 Å². The molecular weight excluding hydrogens is 328 g/mol. The molecule has 0 radical (unpaired) electrons. The maximum absolute atomic E-state index is 12.1. The molecule has 0 saturated carbocycles. The number of hydrogen-bond donors (Lipinski definition) is 1. The molecule has 5 nitrogen and oxygen atoms in total. The standard InChI is InChI=1S/C21H20N2O3/c1-13-4-6-16(7-5-13)19(24)12-26-21(25)18-10-8-17(9-11-18)20-22-14(2)15(3)23-20/h4-11H,12H2,1-3H3,(H,22,23). The summed E-state index contributed by atoms with van der Waals surface area (Å²) < 4.78 is 5.13. The number of rotatable bonds is 5. The Labute approximate surface area is 152 Å². The maximum atomic E-state index is 12.1. The molecule has 0 aliphatic carbocycles. The van der Waals surface area contributed by atoms with Gasteiger partial charge in [0.2, 0.25) is 0 Å². The van der Waals surface area contributed by atoms with E-state index >= 15 is 0 Å². The number of nitrogens with one attached hydrogen (secondary N) is 1. The molecule has 0 aliphatic heterocycles. The zero-order chi connectivity index (χ0) is 18.7. The van der Waals surface area contributed by atoms with Crippen molar-refractivity contribution >= 4 is 11.8 Å². The lowest BCUT2D eigenvalue weighted by Gasteiger charge is -2.05. The number of aryl methyl sites for hydroxylation is 3. The quantitative estimate of drug-likeness (QED) is 0.558. The third kappa shape index (κ3) is 3.88. The van der Waals surface area contributed by atoms with E-state index in [2.05, 4.69) is 9.97 Å². The second-order valence-electron chi connectivity index (χ2n) is 6.24. The van der Waals surface area contributed by atoms with Crippen LogP contribution in [0.4, 0.5) is 0 Å². The zero-order valence-electron chi connectivity index (χ0n) is 15.0. The summed E-state index contributed by atoms with van der Waals surface area (Å²) >= 11 is 0. The number of esters is 1. The third-order valence-electron chi connectivity index (χ3n) is 4.23. The number of aromatic amines is 1. The van der Waals surface area contributed by atoms with Crippen LogP contribution in [0.25, 0.3) is 11.4 Å². The Morgan fingerprint density at radius 2 is 1.54 bits per heavy atom. The lowest BCUT2D eigenvalue weighted by Crippen LogP contribution is -2.14. The van der Waals surface area contributed by atoms with Gasteiger partial charge in [0.1, 0.15) is 5.82 Å². The summed E-state index contributed by atoms with van der Waals surface area (Å²) in [6, 6.07) is 14.1. The Balaban J connectivity index is 1.63. The van der Waals surface area contributed by atoms with E-state index in [-0.39, 0.29) is 12.4 Å².